The van der Waals surface area contributed by atoms with Crippen LogP contribution in [0.2, 0.25) is 0 Å². The van der Waals surface area contributed by atoms with Gasteiger partial charge in [-0.2, -0.15) is 0 Å². The van der Waals surface area contributed by atoms with Crippen molar-refractivity contribution in [1.82, 2.24) is 10.2 Å². The summed E-state index contributed by atoms with van der Waals surface area (Å²) < 4.78 is 12.4. The highest BCUT2D eigenvalue weighted by molar-refractivity contribution is 9.10. The summed E-state index contributed by atoms with van der Waals surface area (Å²) in [7, 11) is 5.81. The van der Waals surface area contributed by atoms with E-state index < -0.39 is 0 Å². The fourth-order valence-corrected chi connectivity index (χ4v) is 2.71. The van der Waals surface area contributed by atoms with Gasteiger partial charge in [0.15, 0.2) is 11.5 Å². The zero-order valence-electron chi connectivity index (χ0n) is 14.5. The van der Waals surface area contributed by atoms with Crippen LogP contribution in [0.3, 0.4) is 0 Å². The van der Waals surface area contributed by atoms with Crippen LogP contribution in [-0.4, -0.2) is 39.2 Å². The Balaban J connectivity index is 2.00. The Morgan fingerprint density at radius 3 is 2.50 bits per heavy atom. The first-order valence-corrected chi connectivity index (χ1v) is 8.78. The second kappa shape index (κ2) is 9.67. The van der Waals surface area contributed by atoms with Crippen molar-refractivity contribution in [2.75, 3.05) is 34.3 Å². The van der Waals surface area contributed by atoms with Gasteiger partial charge in [-0.25, -0.2) is 0 Å². The number of rotatable bonds is 9. The molecule has 0 saturated heterocycles. The number of nitrogens with zero attached hydrogens (tertiary/aromatic N) is 1. The monoisotopic (exact) mass is 392 g/mol. The van der Waals surface area contributed by atoms with Gasteiger partial charge in [0.2, 0.25) is 0 Å². The molecule has 2 rings (SSSR count). The second-order valence-electron chi connectivity index (χ2n) is 5.85. The molecule has 5 heteroatoms. The molecule has 0 aliphatic carbocycles. The van der Waals surface area contributed by atoms with Gasteiger partial charge in [-0.3, -0.25) is 0 Å². The van der Waals surface area contributed by atoms with Crippen LogP contribution in [0.25, 0.3) is 0 Å². The molecule has 0 atom stereocenters. The number of hydrogen-bond donors (Lipinski definition) is 1. The third-order valence-electron chi connectivity index (χ3n) is 3.62. The molecule has 0 unspecified atom stereocenters. The van der Waals surface area contributed by atoms with Gasteiger partial charge in [0.25, 0.3) is 0 Å². The van der Waals surface area contributed by atoms with E-state index in [1.54, 1.807) is 7.11 Å². The number of likely N-dealkylation sites (N-methyl/N-ethyl adjacent to an activating group) is 1. The van der Waals surface area contributed by atoms with E-state index in [1.165, 1.54) is 0 Å². The van der Waals surface area contributed by atoms with Crippen molar-refractivity contribution < 1.29 is 9.47 Å². The van der Waals surface area contributed by atoms with E-state index in [9.17, 15) is 0 Å². The van der Waals surface area contributed by atoms with Crippen LogP contribution in [0, 0.1) is 0 Å². The van der Waals surface area contributed by atoms with Crippen LogP contribution in [-0.2, 0) is 13.2 Å². The molecule has 0 fully saturated rings. The first kappa shape index (κ1) is 18.8. The maximum atomic E-state index is 5.92. The molecular formula is C19H25BrN2O2. The number of ether oxygens (including phenoxy) is 2. The van der Waals surface area contributed by atoms with Gasteiger partial charge in [-0.1, -0.05) is 46.3 Å². The van der Waals surface area contributed by atoms with Gasteiger partial charge in [0.05, 0.1) is 7.11 Å². The number of methoxy groups -OCH3 is 1. The first-order valence-electron chi connectivity index (χ1n) is 7.98. The number of nitrogens with one attached hydrogen (secondary N) is 1. The summed E-state index contributed by atoms with van der Waals surface area (Å²) >= 11 is 3.63. The summed E-state index contributed by atoms with van der Waals surface area (Å²) in [6.45, 7) is 3.24. The van der Waals surface area contributed by atoms with Crippen LogP contribution in [0.5, 0.6) is 11.5 Å². The number of benzene rings is 2. The Morgan fingerprint density at radius 1 is 1.08 bits per heavy atom. The lowest BCUT2D eigenvalue weighted by atomic mass is 10.2. The molecule has 0 aromatic heterocycles. The highest BCUT2D eigenvalue weighted by Crippen LogP contribution is 2.34. The van der Waals surface area contributed by atoms with E-state index in [4.69, 9.17) is 9.47 Å². The zero-order chi connectivity index (χ0) is 17.4. The van der Waals surface area contributed by atoms with E-state index >= 15 is 0 Å². The van der Waals surface area contributed by atoms with Gasteiger partial charge >= 0.3 is 0 Å². The van der Waals surface area contributed by atoms with Gasteiger partial charge in [-0.15, -0.1) is 0 Å². The predicted molar refractivity (Wildman–Crippen MR) is 102 cm³/mol. The Bertz CT molecular complexity index is 633. The molecule has 0 amide bonds. The lowest BCUT2D eigenvalue weighted by Gasteiger charge is -2.15. The van der Waals surface area contributed by atoms with E-state index in [0.717, 1.165) is 46.7 Å². The van der Waals surface area contributed by atoms with Gasteiger partial charge < -0.3 is 19.7 Å². The molecule has 0 heterocycles. The zero-order valence-corrected chi connectivity index (χ0v) is 16.1. The standard InChI is InChI=1S/C19H25BrN2O2/c1-22(2)10-9-21-13-16-11-18(23-3)19(12-17(16)20)24-14-15-7-5-4-6-8-15/h4-8,11-12,21H,9-10,13-14H2,1-3H3. The molecule has 2 aromatic rings. The minimum absolute atomic E-state index is 0.518. The fraction of sp³-hybridized carbons (Fsp3) is 0.368. The minimum Gasteiger partial charge on any atom is -0.493 e. The molecule has 0 saturated carbocycles. The molecule has 4 nitrogen and oxygen atoms in total. The molecule has 0 aliphatic rings. The van der Waals surface area contributed by atoms with Gasteiger partial charge in [-0.05, 0) is 37.4 Å². The van der Waals surface area contributed by atoms with Crippen molar-refractivity contribution in [2.24, 2.45) is 0 Å². The molecule has 130 valence electrons. The lowest BCUT2D eigenvalue weighted by Crippen LogP contribution is -2.26. The maximum Gasteiger partial charge on any atom is 0.162 e. The summed E-state index contributed by atoms with van der Waals surface area (Å²) in [5.74, 6) is 1.49. The highest BCUT2D eigenvalue weighted by atomic mass is 79.9. The third kappa shape index (κ3) is 5.82. The Morgan fingerprint density at radius 2 is 1.83 bits per heavy atom. The van der Waals surface area contributed by atoms with Crippen molar-refractivity contribution in [3.05, 3.63) is 58.1 Å². The molecule has 0 radical (unpaired) electrons. The van der Waals surface area contributed by atoms with Crippen LogP contribution in [0.4, 0.5) is 0 Å². The first-order chi connectivity index (χ1) is 11.6. The number of hydrogen-bond acceptors (Lipinski definition) is 4. The van der Waals surface area contributed by atoms with Gasteiger partial charge in [0, 0.05) is 24.1 Å². The van der Waals surface area contributed by atoms with Crippen LogP contribution in [0.15, 0.2) is 46.9 Å². The SMILES string of the molecule is COc1cc(CNCCN(C)C)c(Br)cc1OCc1ccccc1. The summed E-state index contributed by atoms with van der Waals surface area (Å²) in [5, 5.41) is 3.43. The highest BCUT2D eigenvalue weighted by Gasteiger charge is 2.10. The minimum atomic E-state index is 0.518. The molecule has 24 heavy (non-hydrogen) atoms. The van der Waals surface area contributed by atoms with E-state index in [0.29, 0.717) is 6.61 Å². The Kier molecular flexibility index (Phi) is 7.56. The Hall–Kier alpha value is -1.56. The van der Waals surface area contributed by atoms with Gasteiger partial charge in [0.1, 0.15) is 6.61 Å². The van der Waals surface area contributed by atoms with E-state index in [-0.39, 0.29) is 0 Å². The van der Waals surface area contributed by atoms with E-state index in [2.05, 4.69) is 40.2 Å². The van der Waals surface area contributed by atoms with Crippen LogP contribution in [0.1, 0.15) is 11.1 Å². The van der Waals surface area contributed by atoms with Crippen LogP contribution < -0.4 is 14.8 Å². The quantitative estimate of drug-likeness (QED) is 0.659. The van der Waals surface area contributed by atoms with Crippen molar-refractivity contribution in [2.45, 2.75) is 13.2 Å². The predicted octanol–water partition coefficient (Wildman–Crippen LogP) is 3.69. The third-order valence-corrected chi connectivity index (χ3v) is 4.36. The average Bonchev–Trinajstić information content (AvgIpc) is 2.58. The summed E-state index contributed by atoms with van der Waals surface area (Å²) in [6, 6.07) is 14.1. The largest absolute Gasteiger partial charge is 0.493 e. The molecule has 0 bridgehead atoms. The number of halogens is 1. The van der Waals surface area contributed by atoms with Crippen molar-refractivity contribution in [3.63, 3.8) is 0 Å². The molecular weight excluding hydrogens is 368 g/mol. The lowest BCUT2D eigenvalue weighted by molar-refractivity contribution is 0.284. The maximum absolute atomic E-state index is 5.92. The second-order valence-corrected chi connectivity index (χ2v) is 6.70. The Labute approximate surface area is 152 Å². The molecule has 1 N–H and O–H groups in total. The summed E-state index contributed by atoms with van der Waals surface area (Å²) in [6.07, 6.45) is 0. The normalized spacial score (nSPS) is 10.9. The summed E-state index contributed by atoms with van der Waals surface area (Å²) in [4.78, 5) is 2.16. The summed E-state index contributed by atoms with van der Waals surface area (Å²) in [5.41, 5.74) is 2.28. The molecule has 0 spiro atoms. The molecule has 0 aliphatic heterocycles. The van der Waals surface area contributed by atoms with Crippen molar-refractivity contribution in [1.29, 1.82) is 0 Å². The average molecular weight is 393 g/mol. The molecule has 2 aromatic carbocycles. The smallest absolute Gasteiger partial charge is 0.162 e. The van der Waals surface area contributed by atoms with E-state index in [1.807, 2.05) is 42.5 Å². The fourth-order valence-electron chi connectivity index (χ4n) is 2.25. The van der Waals surface area contributed by atoms with Crippen molar-refractivity contribution in [3.8, 4) is 11.5 Å². The van der Waals surface area contributed by atoms with Crippen LogP contribution >= 0.6 is 15.9 Å². The van der Waals surface area contributed by atoms with Crippen molar-refractivity contribution >= 4 is 15.9 Å². The topological polar surface area (TPSA) is 33.7 Å².